The molecule has 5 rings (SSSR count). The lowest BCUT2D eigenvalue weighted by atomic mass is 9.90. The molecule has 0 saturated carbocycles. The van der Waals surface area contributed by atoms with E-state index in [4.69, 9.17) is 4.84 Å². The van der Waals surface area contributed by atoms with Gasteiger partial charge < -0.3 is 15.1 Å². The number of hydrogen-bond donors (Lipinski definition) is 2. The molecule has 8 nitrogen and oxygen atoms in total. The van der Waals surface area contributed by atoms with Crippen LogP contribution in [0.4, 0.5) is 4.39 Å². The summed E-state index contributed by atoms with van der Waals surface area (Å²) in [6.07, 6.45) is 3.31. The third-order valence-corrected chi connectivity index (χ3v) is 6.03. The molecule has 0 unspecified atom stereocenters. The Morgan fingerprint density at radius 2 is 2.00 bits per heavy atom. The zero-order chi connectivity index (χ0) is 24.4. The number of halogens is 1. The van der Waals surface area contributed by atoms with Crippen molar-refractivity contribution in [3.05, 3.63) is 101 Å². The number of oxime groups is 1. The van der Waals surface area contributed by atoms with Crippen LogP contribution in [-0.2, 0) is 4.84 Å². The van der Waals surface area contributed by atoms with E-state index < -0.39 is 6.04 Å². The van der Waals surface area contributed by atoms with Gasteiger partial charge in [-0.2, -0.15) is 0 Å². The molecule has 0 spiro atoms. The molecular weight excluding hydrogens is 447 g/mol. The highest BCUT2D eigenvalue weighted by Crippen LogP contribution is 2.33. The Hall–Kier alpha value is -4.40. The number of carbonyl (C=O) groups excluding carboxylic acids is 1. The lowest BCUT2D eigenvalue weighted by molar-refractivity contribution is 0.0826. The molecule has 2 N–H and O–H groups in total. The fourth-order valence-corrected chi connectivity index (χ4v) is 4.13. The van der Waals surface area contributed by atoms with Gasteiger partial charge >= 0.3 is 0 Å². The number of pyridine rings is 1. The molecule has 2 aromatic carbocycles. The van der Waals surface area contributed by atoms with Crippen LogP contribution in [0.3, 0.4) is 0 Å². The number of carbonyl (C=O) groups is 1. The minimum absolute atomic E-state index is 0.313. The van der Waals surface area contributed by atoms with Gasteiger partial charge in [0.05, 0.1) is 17.4 Å². The SMILES string of the molecule is Cc1c(C(=O)N[C@H](C)c2nnc[nH]2)cc(-c2ccccc2F)cc1C1=NO[C@H](c2ccccn2)C1. The second-order valence-electron chi connectivity index (χ2n) is 8.34. The maximum absolute atomic E-state index is 14.7. The van der Waals surface area contributed by atoms with Gasteiger partial charge in [-0.25, -0.2) is 4.39 Å². The standard InChI is InChI=1S/C26H23FN6O2/c1-15-19(23-13-24(35-33-23)22-9-5-6-10-28-22)11-17(18-7-3-4-8-21(18)27)12-20(15)26(34)31-16(2)25-29-14-30-32-25/h3-12,14,16,24H,13H2,1-2H3,(H,31,34)(H,29,30,32)/t16-,24+/m1/s1. The van der Waals surface area contributed by atoms with Crippen molar-refractivity contribution < 1.29 is 14.0 Å². The Labute approximate surface area is 201 Å². The van der Waals surface area contributed by atoms with Crippen LogP contribution < -0.4 is 5.32 Å². The van der Waals surface area contributed by atoms with Crippen molar-refractivity contribution in [3.63, 3.8) is 0 Å². The summed E-state index contributed by atoms with van der Waals surface area (Å²) in [6, 6.07) is 15.3. The highest BCUT2D eigenvalue weighted by Gasteiger charge is 2.28. The van der Waals surface area contributed by atoms with Crippen LogP contribution in [0.1, 0.15) is 58.5 Å². The van der Waals surface area contributed by atoms with Gasteiger partial charge in [-0.05, 0) is 55.3 Å². The molecule has 2 atom stereocenters. The first-order valence-electron chi connectivity index (χ1n) is 11.2. The Morgan fingerprint density at radius 1 is 1.17 bits per heavy atom. The van der Waals surface area contributed by atoms with E-state index in [1.54, 1.807) is 30.5 Å². The molecule has 35 heavy (non-hydrogen) atoms. The summed E-state index contributed by atoms with van der Waals surface area (Å²) in [7, 11) is 0. The van der Waals surface area contributed by atoms with Gasteiger partial charge in [-0.1, -0.05) is 29.4 Å². The minimum Gasteiger partial charge on any atom is -0.385 e. The van der Waals surface area contributed by atoms with Gasteiger partial charge in [-0.15, -0.1) is 10.2 Å². The number of benzene rings is 2. The predicted molar refractivity (Wildman–Crippen MR) is 128 cm³/mol. The van der Waals surface area contributed by atoms with Crippen LogP contribution in [0.15, 0.2) is 72.3 Å². The Morgan fingerprint density at radius 3 is 2.74 bits per heavy atom. The van der Waals surface area contributed by atoms with Gasteiger partial charge in [0.15, 0.2) is 11.9 Å². The summed E-state index contributed by atoms with van der Waals surface area (Å²) in [6.45, 7) is 3.66. The average molecular weight is 471 g/mol. The van der Waals surface area contributed by atoms with E-state index in [1.165, 1.54) is 12.4 Å². The molecule has 176 valence electrons. The average Bonchev–Trinajstić information content (AvgIpc) is 3.58. The van der Waals surface area contributed by atoms with Crippen LogP contribution in [0.5, 0.6) is 0 Å². The van der Waals surface area contributed by atoms with Crippen molar-refractivity contribution in [1.82, 2.24) is 25.5 Å². The van der Waals surface area contributed by atoms with E-state index in [0.29, 0.717) is 34.6 Å². The van der Waals surface area contributed by atoms with Crippen LogP contribution in [-0.4, -0.2) is 31.8 Å². The zero-order valence-corrected chi connectivity index (χ0v) is 19.2. The van der Waals surface area contributed by atoms with E-state index in [-0.39, 0.29) is 17.8 Å². The van der Waals surface area contributed by atoms with Crippen molar-refractivity contribution >= 4 is 11.6 Å². The molecule has 1 aliphatic heterocycles. The number of H-pyrrole nitrogens is 1. The molecule has 0 bridgehead atoms. The highest BCUT2D eigenvalue weighted by atomic mass is 19.1. The van der Waals surface area contributed by atoms with Crippen molar-refractivity contribution in [1.29, 1.82) is 0 Å². The monoisotopic (exact) mass is 470 g/mol. The Balaban J connectivity index is 1.53. The third-order valence-electron chi connectivity index (χ3n) is 6.03. The molecule has 4 aromatic rings. The Kier molecular flexibility index (Phi) is 6.05. The van der Waals surface area contributed by atoms with Crippen molar-refractivity contribution in [3.8, 4) is 11.1 Å². The fourth-order valence-electron chi connectivity index (χ4n) is 4.13. The molecule has 0 saturated heterocycles. The molecule has 0 radical (unpaired) electrons. The summed E-state index contributed by atoms with van der Waals surface area (Å²) >= 11 is 0. The van der Waals surface area contributed by atoms with Gasteiger partial charge in [0.2, 0.25) is 0 Å². The van der Waals surface area contributed by atoms with Gasteiger partial charge in [0.25, 0.3) is 5.91 Å². The van der Waals surface area contributed by atoms with Crippen LogP contribution in [0.2, 0.25) is 0 Å². The van der Waals surface area contributed by atoms with E-state index in [0.717, 1.165) is 16.8 Å². The first-order chi connectivity index (χ1) is 17.0. The predicted octanol–water partition coefficient (Wildman–Crippen LogP) is 4.67. The second-order valence-corrected chi connectivity index (χ2v) is 8.34. The molecule has 0 fully saturated rings. The number of aromatic amines is 1. The number of hydrogen-bond acceptors (Lipinski definition) is 6. The van der Waals surface area contributed by atoms with E-state index in [1.807, 2.05) is 38.1 Å². The lowest BCUT2D eigenvalue weighted by Crippen LogP contribution is -2.28. The normalized spacial score (nSPS) is 15.9. The quantitative estimate of drug-likeness (QED) is 0.426. The number of aromatic nitrogens is 4. The maximum Gasteiger partial charge on any atom is 0.252 e. The summed E-state index contributed by atoms with van der Waals surface area (Å²) in [4.78, 5) is 26.3. The number of amides is 1. The summed E-state index contributed by atoms with van der Waals surface area (Å²) in [5.41, 5.74) is 4.27. The second kappa shape index (κ2) is 9.46. The maximum atomic E-state index is 14.7. The summed E-state index contributed by atoms with van der Waals surface area (Å²) < 4.78 is 14.7. The molecule has 1 aliphatic rings. The first kappa shape index (κ1) is 22.4. The van der Waals surface area contributed by atoms with Crippen molar-refractivity contribution in [2.24, 2.45) is 5.16 Å². The highest BCUT2D eigenvalue weighted by molar-refractivity contribution is 6.07. The molecular formula is C26H23FN6O2. The fraction of sp³-hybridized carbons (Fsp3) is 0.192. The van der Waals surface area contributed by atoms with E-state index in [2.05, 4.69) is 30.6 Å². The topological polar surface area (TPSA) is 105 Å². The summed E-state index contributed by atoms with van der Waals surface area (Å²) in [5.74, 6) is -0.153. The van der Waals surface area contributed by atoms with Crippen molar-refractivity contribution in [2.75, 3.05) is 0 Å². The number of rotatable bonds is 6. The molecule has 9 heteroatoms. The van der Waals surface area contributed by atoms with Gasteiger partial charge in [0.1, 0.15) is 12.1 Å². The van der Waals surface area contributed by atoms with Crippen LogP contribution in [0, 0.1) is 12.7 Å². The number of nitrogens with zero attached hydrogens (tertiary/aromatic N) is 4. The molecule has 3 heterocycles. The zero-order valence-electron chi connectivity index (χ0n) is 19.2. The molecule has 2 aromatic heterocycles. The third kappa shape index (κ3) is 4.52. The van der Waals surface area contributed by atoms with E-state index in [9.17, 15) is 9.18 Å². The van der Waals surface area contributed by atoms with Gasteiger partial charge in [0, 0.05) is 29.3 Å². The van der Waals surface area contributed by atoms with Crippen molar-refractivity contribution in [2.45, 2.75) is 32.4 Å². The first-order valence-corrected chi connectivity index (χ1v) is 11.2. The van der Waals surface area contributed by atoms with Crippen LogP contribution in [0.25, 0.3) is 11.1 Å². The Bertz CT molecular complexity index is 1390. The lowest BCUT2D eigenvalue weighted by Gasteiger charge is -2.17. The molecule has 0 aliphatic carbocycles. The molecule has 1 amide bonds. The van der Waals surface area contributed by atoms with Gasteiger partial charge in [-0.3, -0.25) is 9.78 Å². The smallest absolute Gasteiger partial charge is 0.252 e. The summed E-state index contributed by atoms with van der Waals surface area (Å²) in [5, 5.41) is 15.0. The van der Waals surface area contributed by atoms with Crippen LogP contribution >= 0.6 is 0 Å². The number of nitrogens with one attached hydrogen (secondary N) is 2. The largest absolute Gasteiger partial charge is 0.385 e. The minimum atomic E-state index is -0.398. The van der Waals surface area contributed by atoms with E-state index >= 15 is 0 Å².